The van der Waals surface area contributed by atoms with Gasteiger partial charge in [-0.1, -0.05) is 29.8 Å². The fourth-order valence-corrected chi connectivity index (χ4v) is 4.08. The van der Waals surface area contributed by atoms with Gasteiger partial charge in [0.1, 0.15) is 0 Å². The van der Waals surface area contributed by atoms with Crippen LogP contribution >= 0.6 is 11.6 Å². The third-order valence-electron chi connectivity index (χ3n) is 5.60. The van der Waals surface area contributed by atoms with E-state index in [1.54, 1.807) is 0 Å². The maximum Gasteiger partial charge on any atom is 0.0991 e. The van der Waals surface area contributed by atoms with E-state index in [4.69, 9.17) is 16.9 Å². The topological polar surface area (TPSA) is 88.9 Å². The summed E-state index contributed by atoms with van der Waals surface area (Å²) < 4.78 is 0. The molecule has 34 heavy (non-hydrogen) atoms. The first-order valence-electron chi connectivity index (χ1n) is 10.9. The highest BCUT2D eigenvalue weighted by Gasteiger charge is 2.13. The quantitative estimate of drug-likeness (QED) is 0.193. The van der Waals surface area contributed by atoms with E-state index in [-0.39, 0.29) is 0 Å². The van der Waals surface area contributed by atoms with E-state index in [1.807, 2.05) is 85.2 Å². The molecule has 3 N–H and O–H groups in total. The Kier molecular flexibility index (Phi) is 6.11. The van der Waals surface area contributed by atoms with Gasteiger partial charge in [0.15, 0.2) is 0 Å². The molecule has 6 nitrogen and oxygen atoms in total. The second kappa shape index (κ2) is 9.65. The Labute approximate surface area is 201 Å². The number of nitriles is 1. The highest BCUT2D eigenvalue weighted by molar-refractivity contribution is 6.31. The molecule has 5 aromatic rings. The molecule has 0 unspecified atom stereocenters. The lowest BCUT2D eigenvalue weighted by atomic mass is 10.1. The molecule has 0 saturated heterocycles. The number of anilines is 2. The Balaban J connectivity index is 1.45. The first-order valence-corrected chi connectivity index (χ1v) is 11.3. The van der Waals surface area contributed by atoms with Gasteiger partial charge in [-0.2, -0.15) is 10.4 Å². The van der Waals surface area contributed by atoms with Crippen LogP contribution in [-0.4, -0.2) is 22.7 Å². The number of para-hydroxylation sites is 1. The summed E-state index contributed by atoms with van der Waals surface area (Å²) >= 11 is 6.17. The molecule has 3 aromatic carbocycles. The molecule has 2 aromatic heterocycles. The normalized spacial score (nSPS) is 11.2. The lowest BCUT2D eigenvalue weighted by Gasteiger charge is -2.06. The highest BCUT2D eigenvalue weighted by Crippen LogP contribution is 2.29. The maximum atomic E-state index is 8.98. The molecule has 7 heteroatoms. The number of halogens is 1. The van der Waals surface area contributed by atoms with Crippen LogP contribution in [0.2, 0.25) is 5.02 Å². The summed E-state index contributed by atoms with van der Waals surface area (Å²) in [6, 6.07) is 25.1. The van der Waals surface area contributed by atoms with Crippen LogP contribution in [-0.2, 0) is 6.42 Å². The van der Waals surface area contributed by atoms with Gasteiger partial charge in [-0.3, -0.25) is 10.4 Å². The number of rotatable bonds is 7. The molecule has 2 heterocycles. The number of hydrogen-bond donors (Lipinski definition) is 3. The Hall–Kier alpha value is -4.34. The third-order valence-corrected chi connectivity index (χ3v) is 5.84. The first kappa shape index (κ1) is 21.5. The number of benzene rings is 3. The van der Waals surface area contributed by atoms with Gasteiger partial charge < -0.3 is 10.3 Å². The summed E-state index contributed by atoms with van der Waals surface area (Å²) in [5, 5.41) is 19.6. The van der Waals surface area contributed by atoms with E-state index in [9.17, 15) is 0 Å². The predicted molar refractivity (Wildman–Crippen MR) is 140 cm³/mol. The Morgan fingerprint density at radius 3 is 2.62 bits per heavy atom. The molecule has 0 radical (unpaired) electrons. The lowest BCUT2D eigenvalue weighted by Crippen LogP contribution is -2.06. The zero-order valence-corrected chi connectivity index (χ0v) is 19.0. The molecule has 0 spiro atoms. The monoisotopic (exact) mass is 464 g/mol. The molecule has 166 valence electrons. The van der Waals surface area contributed by atoms with Crippen LogP contribution in [0.4, 0.5) is 11.4 Å². The van der Waals surface area contributed by atoms with E-state index < -0.39 is 0 Å². The summed E-state index contributed by atoms with van der Waals surface area (Å²) in [5.41, 5.74) is 9.52. The van der Waals surface area contributed by atoms with E-state index in [1.165, 1.54) is 0 Å². The number of nitrogens with zero attached hydrogens (tertiary/aromatic N) is 3. The standard InChI is InChI=1S/C27H21ClN6/c28-19-8-11-22-26(14-19)31-16-24-23(17-32-34-21-4-2-1-3-5-21)25(33-27(22)24)12-13-30-20-9-6-18(15-29)7-10-20/h1-11,14,16-17,30,33-34H,12-13H2/b32-17+. The van der Waals surface area contributed by atoms with Crippen LogP contribution in [0, 0.1) is 11.3 Å². The van der Waals surface area contributed by atoms with Crippen molar-refractivity contribution >= 4 is 51.0 Å². The summed E-state index contributed by atoms with van der Waals surface area (Å²) in [7, 11) is 0. The number of fused-ring (bicyclic) bond motifs is 3. The number of nitrogens with one attached hydrogen (secondary N) is 3. The van der Waals surface area contributed by atoms with Crippen LogP contribution < -0.4 is 10.7 Å². The zero-order valence-electron chi connectivity index (χ0n) is 18.2. The highest BCUT2D eigenvalue weighted by atomic mass is 35.5. The van der Waals surface area contributed by atoms with Crippen molar-refractivity contribution in [3.05, 3.63) is 101 Å². The van der Waals surface area contributed by atoms with Crippen molar-refractivity contribution in [3.8, 4) is 6.07 Å². The number of H-pyrrole nitrogens is 1. The largest absolute Gasteiger partial charge is 0.385 e. The van der Waals surface area contributed by atoms with E-state index in [2.05, 4.69) is 31.9 Å². The second-order valence-corrected chi connectivity index (χ2v) is 8.26. The number of hydrogen-bond acceptors (Lipinski definition) is 5. The van der Waals surface area contributed by atoms with Gasteiger partial charge in [-0.25, -0.2) is 0 Å². The molecule has 0 bridgehead atoms. The molecular weight excluding hydrogens is 444 g/mol. The van der Waals surface area contributed by atoms with Crippen LogP contribution in [0.1, 0.15) is 16.8 Å². The molecule has 0 aliphatic carbocycles. The van der Waals surface area contributed by atoms with Crippen molar-refractivity contribution < 1.29 is 0 Å². The van der Waals surface area contributed by atoms with E-state index in [0.29, 0.717) is 17.1 Å². The Morgan fingerprint density at radius 1 is 1.00 bits per heavy atom. The molecule has 0 saturated carbocycles. The Morgan fingerprint density at radius 2 is 1.82 bits per heavy atom. The van der Waals surface area contributed by atoms with Gasteiger partial charge >= 0.3 is 0 Å². The van der Waals surface area contributed by atoms with Crippen LogP contribution in [0.15, 0.2) is 84.1 Å². The van der Waals surface area contributed by atoms with E-state index in [0.717, 1.165) is 50.9 Å². The van der Waals surface area contributed by atoms with Crippen molar-refractivity contribution in [2.24, 2.45) is 5.10 Å². The smallest absolute Gasteiger partial charge is 0.0991 e. The fraction of sp³-hybridized carbons (Fsp3) is 0.0741. The fourth-order valence-electron chi connectivity index (χ4n) is 3.91. The molecular formula is C27H21ClN6. The van der Waals surface area contributed by atoms with Gasteiger partial charge in [0.25, 0.3) is 0 Å². The summed E-state index contributed by atoms with van der Waals surface area (Å²) in [4.78, 5) is 8.22. The average molecular weight is 465 g/mol. The minimum absolute atomic E-state index is 0.644. The number of hydrazone groups is 1. The predicted octanol–water partition coefficient (Wildman–Crippen LogP) is 6.34. The van der Waals surface area contributed by atoms with Crippen molar-refractivity contribution in [1.82, 2.24) is 9.97 Å². The van der Waals surface area contributed by atoms with Crippen molar-refractivity contribution in [3.63, 3.8) is 0 Å². The number of aromatic nitrogens is 2. The molecule has 0 fully saturated rings. The van der Waals surface area contributed by atoms with E-state index >= 15 is 0 Å². The summed E-state index contributed by atoms with van der Waals surface area (Å²) in [5.74, 6) is 0. The van der Waals surface area contributed by atoms with Crippen LogP contribution in [0.5, 0.6) is 0 Å². The van der Waals surface area contributed by atoms with Gasteiger partial charge in [0.2, 0.25) is 0 Å². The first-order chi connectivity index (χ1) is 16.7. The summed E-state index contributed by atoms with van der Waals surface area (Å²) in [6.07, 6.45) is 4.45. The molecule has 0 aliphatic heterocycles. The summed E-state index contributed by atoms with van der Waals surface area (Å²) in [6.45, 7) is 0.711. The van der Waals surface area contributed by atoms with Gasteiger partial charge in [-0.15, -0.1) is 0 Å². The average Bonchev–Trinajstić information content (AvgIpc) is 3.22. The molecule has 5 rings (SSSR count). The second-order valence-electron chi connectivity index (χ2n) is 7.83. The third kappa shape index (κ3) is 4.56. The Bertz CT molecular complexity index is 1510. The van der Waals surface area contributed by atoms with Crippen molar-refractivity contribution in [1.29, 1.82) is 5.26 Å². The lowest BCUT2D eigenvalue weighted by molar-refractivity contribution is 0.981. The molecule has 0 aliphatic rings. The van der Waals surface area contributed by atoms with Gasteiger partial charge in [0.05, 0.1) is 34.6 Å². The van der Waals surface area contributed by atoms with Crippen LogP contribution in [0.3, 0.4) is 0 Å². The van der Waals surface area contributed by atoms with Gasteiger partial charge in [0, 0.05) is 51.9 Å². The minimum atomic E-state index is 0.644. The van der Waals surface area contributed by atoms with Crippen LogP contribution in [0.25, 0.3) is 21.8 Å². The zero-order chi connectivity index (χ0) is 23.3. The molecule has 0 amide bonds. The maximum absolute atomic E-state index is 8.98. The van der Waals surface area contributed by atoms with Gasteiger partial charge in [-0.05, 0) is 54.6 Å². The number of aromatic amines is 1. The minimum Gasteiger partial charge on any atom is -0.385 e. The SMILES string of the molecule is N#Cc1ccc(NCCc2[nH]c3c(cnc4cc(Cl)ccc43)c2/C=N/Nc2ccccc2)cc1. The van der Waals surface area contributed by atoms with Crippen molar-refractivity contribution in [2.75, 3.05) is 17.3 Å². The van der Waals surface area contributed by atoms with Crippen molar-refractivity contribution in [2.45, 2.75) is 6.42 Å². The number of pyridine rings is 1. The molecule has 0 atom stereocenters.